The molecule has 0 aliphatic carbocycles. The van der Waals surface area contributed by atoms with Crippen LogP contribution in [0.3, 0.4) is 0 Å². The summed E-state index contributed by atoms with van der Waals surface area (Å²) in [5, 5.41) is 0. The fourth-order valence-electron chi connectivity index (χ4n) is 1.03. The molecule has 0 aliphatic heterocycles. The third kappa shape index (κ3) is 7.40. The Labute approximate surface area is 83.4 Å². The second kappa shape index (κ2) is 7.70. The van der Waals surface area contributed by atoms with E-state index in [2.05, 4.69) is 13.5 Å². The number of allylic oxidation sites excluding steroid dienone is 1. The predicted molar refractivity (Wildman–Crippen MR) is 61.3 cm³/mol. The second-order valence-electron chi connectivity index (χ2n) is 2.89. The molecule has 0 aromatic heterocycles. The van der Waals surface area contributed by atoms with Gasteiger partial charge in [-0.15, -0.1) is 6.58 Å². The maximum absolute atomic E-state index is 10.8. The lowest BCUT2D eigenvalue weighted by Gasteiger charge is -2.13. The first-order chi connectivity index (χ1) is 5.52. The van der Waals surface area contributed by atoms with E-state index < -0.39 is 13.3 Å². The molecule has 0 saturated carbocycles. The number of hydrogen-bond acceptors (Lipinski definition) is 1. The van der Waals surface area contributed by atoms with Crippen LogP contribution < -0.4 is 0 Å². The summed E-state index contributed by atoms with van der Waals surface area (Å²) < 4.78 is 10.8. The van der Waals surface area contributed by atoms with E-state index >= 15 is 0 Å². The first-order valence-electron chi connectivity index (χ1n) is 4.20. The summed E-state index contributed by atoms with van der Waals surface area (Å²) >= 11 is 0. The van der Waals surface area contributed by atoms with Crippen molar-refractivity contribution in [1.82, 2.24) is 0 Å². The molecular formula is C8H20O3P2. The summed E-state index contributed by atoms with van der Waals surface area (Å²) in [5.74, 6) is 0. The van der Waals surface area contributed by atoms with E-state index in [1.165, 1.54) is 6.08 Å². The van der Waals surface area contributed by atoms with Crippen LogP contribution in [0.2, 0.25) is 0 Å². The predicted octanol–water partition coefficient (Wildman–Crippen LogP) is 2.36. The van der Waals surface area contributed by atoms with Gasteiger partial charge >= 0.3 is 7.60 Å². The van der Waals surface area contributed by atoms with Crippen LogP contribution in [0, 0.1) is 0 Å². The highest BCUT2D eigenvalue weighted by Gasteiger charge is 2.24. The van der Waals surface area contributed by atoms with Crippen LogP contribution >= 0.6 is 17.5 Å². The Kier molecular flexibility index (Phi) is 9.34. The lowest BCUT2D eigenvalue weighted by molar-refractivity contribution is 0.361. The van der Waals surface area contributed by atoms with E-state index in [1.807, 2.05) is 0 Å². The van der Waals surface area contributed by atoms with E-state index in [0.717, 1.165) is 19.3 Å². The first-order valence-corrected chi connectivity index (χ1v) is 5.88. The summed E-state index contributed by atoms with van der Waals surface area (Å²) in [5.41, 5.74) is -0.649. The molecule has 5 heteroatoms. The Bertz CT molecular complexity index is 176. The molecule has 0 aromatic rings. The van der Waals surface area contributed by atoms with Crippen LogP contribution in [-0.4, -0.2) is 15.4 Å². The molecule has 3 nitrogen and oxygen atoms in total. The molecule has 2 unspecified atom stereocenters. The molecule has 2 N–H and O–H groups in total. The van der Waals surface area contributed by atoms with Crippen LogP contribution in [0.25, 0.3) is 0 Å². The van der Waals surface area contributed by atoms with Gasteiger partial charge in [-0.25, -0.2) is 0 Å². The molecule has 0 saturated heterocycles. The highest BCUT2D eigenvalue weighted by atomic mass is 31.2. The number of hydrogen-bond donors (Lipinski definition) is 2. The standard InChI is InChI=1S/C8H17O3P.H3P/c1-3-5-6-7-8(4-2)12(9,10)11;/h4,8H,2-3,5-7H2,1H3,(H2,9,10,11);1H3. The van der Waals surface area contributed by atoms with E-state index in [1.54, 1.807) is 0 Å². The molecule has 2 atom stereocenters. The van der Waals surface area contributed by atoms with Crippen molar-refractivity contribution in [2.45, 2.75) is 38.3 Å². The van der Waals surface area contributed by atoms with Gasteiger partial charge in [0.05, 0.1) is 5.66 Å². The molecule has 80 valence electrons. The zero-order chi connectivity index (χ0) is 9.61. The van der Waals surface area contributed by atoms with Crippen LogP contribution in [0.4, 0.5) is 0 Å². The quantitative estimate of drug-likeness (QED) is 0.415. The third-order valence-electron chi connectivity index (χ3n) is 1.81. The van der Waals surface area contributed by atoms with Gasteiger partial charge in [-0.2, -0.15) is 9.90 Å². The van der Waals surface area contributed by atoms with Crippen molar-refractivity contribution in [3.8, 4) is 0 Å². The molecule has 0 bridgehead atoms. The van der Waals surface area contributed by atoms with Crippen molar-refractivity contribution in [3.05, 3.63) is 12.7 Å². The van der Waals surface area contributed by atoms with Gasteiger partial charge in [0.2, 0.25) is 0 Å². The van der Waals surface area contributed by atoms with Crippen molar-refractivity contribution in [2.75, 3.05) is 0 Å². The Hall–Kier alpha value is 0.320. The summed E-state index contributed by atoms with van der Waals surface area (Å²) in [6.45, 7) is 5.47. The van der Waals surface area contributed by atoms with E-state index in [0.29, 0.717) is 6.42 Å². The van der Waals surface area contributed by atoms with Crippen molar-refractivity contribution in [3.63, 3.8) is 0 Å². The summed E-state index contributed by atoms with van der Waals surface area (Å²) in [6, 6.07) is 0. The summed E-state index contributed by atoms with van der Waals surface area (Å²) in [7, 11) is -3.93. The van der Waals surface area contributed by atoms with Gasteiger partial charge in [0, 0.05) is 0 Å². The Morgan fingerprint density at radius 1 is 1.46 bits per heavy atom. The lowest BCUT2D eigenvalue weighted by atomic mass is 10.1. The van der Waals surface area contributed by atoms with Crippen LogP contribution in [0.5, 0.6) is 0 Å². The van der Waals surface area contributed by atoms with Crippen LogP contribution in [0.1, 0.15) is 32.6 Å². The van der Waals surface area contributed by atoms with Gasteiger partial charge in [0.1, 0.15) is 0 Å². The maximum Gasteiger partial charge on any atom is 0.332 e. The number of rotatable bonds is 6. The monoisotopic (exact) mass is 226 g/mol. The lowest BCUT2D eigenvalue weighted by Crippen LogP contribution is -2.03. The van der Waals surface area contributed by atoms with Gasteiger partial charge in [-0.3, -0.25) is 4.57 Å². The smallest absolute Gasteiger partial charge is 0.324 e. The van der Waals surface area contributed by atoms with E-state index in [-0.39, 0.29) is 9.90 Å². The van der Waals surface area contributed by atoms with Gasteiger partial charge in [-0.05, 0) is 6.42 Å². The minimum Gasteiger partial charge on any atom is -0.324 e. The molecule has 0 amide bonds. The zero-order valence-electron chi connectivity index (χ0n) is 8.15. The highest BCUT2D eigenvalue weighted by molar-refractivity contribution is 7.52. The second-order valence-corrected chi connectivity index (χ2v) is 4.73. The van der Waals surface area contributed by atoms with Gasteiger partial charge in [0.15, 0.2) is 0 Å². The SMILES string of the molecule is C=CC(CCCCC)P(=O)(O)O.P. The van der Waals surface area contributed by atoms with Gasteiger partial charge in [0.25, 0.3) is 0 Å². The van der Waals surface area contributed by atoms with Crippen LogP contribution in [-0.2, 0) is 4.57 Å². The minimum absolute atomic E-state index is 0. The fourth-order valence-corrected chi connectivity index (χ4v) is 1.82. The normalized spacial score (nSPS) is 13.2. The summed E-state index contributed by atoms with van der Waals surface area (Å²) in [4.78, 5) is 17.6. The molecule has 0 heterocycles. The first kappa shape index (κ1) is 15.8. The average Bonchev–Trinajstić information content (AvgIpc) is 1.95. The maximum atomic E-state index is 10.8. The molecule has 0 fully saturated rings. The fraction of sp³-hybridized carbons (Fsp3) is 0.750. The minimum atomic E-state index is -3.93. The van der Waals surface area contributed by atoms with Crippen molar-refractivity contribution in [1.29, 1.82) is 0 Å². The molecule has 13 heavy (non-hydrogen) atoms. The Balaban J connectivity index is 0. The molecule has 0 radical (unpaired) electrons. The van der Waals surface area contributed by atoms with Gasteiger partial charge in [-0.1, -0.05) is 32.3 Å². The molecular weight excluding hydrogens is 206 g/mol. The molecule has 0 aliphatic rings. The van der Waals surface area contributed by atoms with Crippen molar-refractivity contribution in [2.24, 2.45) is 0 Å². The van der Waals surface area contributed by atoms with Crippen molar-refractivity contribution < 1.29 is 14.4 Å². The van der Waals surface area contributed by atoms with E-state index in [9.17, 15) is 4.57 Å². The Morgan fingerprint density at radius 3 is 2.31 bits per heavy atom. The van der Waals surface area contributed by atoms with Crippen molar-refractivity contribution >= 4 is 17.5 Å². The van der Waals surface area contributed by atoms with Gasteiger partial charge < -0.3 is 9.79 Å². The number of unbranched alkanes of at least 4 members (excludes halogenated alkanes) is 2. The summed E-state index contributed by atoms with van der Waals surface area (Å²) in [6.07, 6.45) is 4.84. The topological polar surface area (TPSA) is 57.5 Å². The molecule has 0 spiro atoms. The average molecular weight is 226 g/mol. The third-order valence-corrected chi connectivity index (χ3v) is 3.14. The Morgan fingerprint density at radius 2 is 2.00 bits per heavy atom. The van der Waals surface area contributed by atoms with Crippen LogP contribution in [0.15, 0.2) is 12.7 Å². The van der Waals surface area contributed by atoms with E-state index in [4.69, 9.17) is 9.79 Å². The zero-order valence-corrected chi connectivity index (χ0v) is 10.5. The molecule has 0 rings (SSSR count). The highest BCUT2D eigenvalue weighted by Crippen LogP contribution is 2.44. The largest absolute Gasteiger partial charge is 0.332 e. The molecule has 0 aromatic carbocycles.